The highest BCUT2D eigenvalue weighted by Gasteiger charge is 2.07. The Morgan fingerprint density at radius 2 is 1.67 bits per heavy atom. The van der Waals surface area contributed by atoms with Crippen LogP contribution in [-0.2, 0) is 9.74 Å². The van der Waals surface area contributed by atoms with E-state index in [0.29, 0.717) is 6.42 Å². The standard InChI is InChI=1S/C12H21FO2/c1-3-4-5-6-7-8-9-10-11(2)12(14)15-13/h2-10H2,1H3. The molecule has 88 valence electrons. The van der Waals surface area contributed by atoms with Crippen molar-refractivity contribution in [2.24, 2.45) is 0 Å². The van der Waals surface area contributed by atoms with Crippen LogP contribution < -0.4 is 0 Å². The lowest BCUT2D eigenvalue weighted by molar-refractivity contribution is -0.178. The smallest absolute Gasteiger partial charge is 0.250 e. The van der Waals surface area contributed by atoms with Gasteiger partial charge in [-0.3, -0.25) is 0 Å². The third kappa shape index (κ3) is 8.16. The molecule has 0 unspecified atom stereocenters. The maximum absolute atomic E-state index is 11.4. The van der Waals surface area contributed by atoms with Gasteiger partial charge in [0, 0.05) is 10.1 Å². The van der Waals surface area contributed by atoms with Crippen molar-refractivity contribution in [2.75, 3.05) is 0 Å². The molecule has 0 N–H and O–H groups in total. The Morgan fingerprint density at radius 1 is 1.13 bits per heavy atom. The molecule has 0 heterocycles. The van der Waals surface area contributed by atoms with Crippen LogP contribution in [0.3, 0.4) is 0 Å². The van der Waals surface area contributed by atoms with E-state index >= 15 is 0 Å². The summed E-state index contributed by atoms with van der Waals surface area (Å²) in [5.41, 5.74) is 0.228. The molecule has 0 fully saturated rings. The molecule has 0 radical (unpaired) electrons. The SMILES string of the molecule is C=C(CCCCCCCCC)C(=O)OF. The Morgan fingerprint density at radius 3 is 2.20 bits per heavy atom. The first-order valence-corrected chi connectivity index (χ1v) is 5.73. The van der Waals surface area contributed by atoms with Crippen LogP contribution in [0.1, 0.15) is 58.3 Å². The molecular weight excluding hydrogens is 195 g/mol. The molecule has 0 saturated heterocycles. The normalized spacial score (nSPS) is 10.0. The average molecular weight is 216 g/mol. The molecule has 0 aromatic heterocycles. The molecule has 0 rings (SSSR count). The summed E-state index contributed by atoms with van der Waals surface area (Å²) >= 11 is 0. The molecule has 0 aromatic carbocycles. The minimum absolute atomic E-state index is 0.228. The maximum Gasteiger partial charge on any atom is 0.374 e. The molecular formula is C12H21FO2. The first kappa shape index (κ1) is 14.1. The van der Waals surface area contributed by atoms with Crippen LogP contribution >= 0.6 is 0 Å². The summed E-state index contributed by atoms with van der Waals surface area (Å²) < 4.78 is 11.4. The van der Waals surface area contributed by atoms with Crippen molar-refractivity contribution in [3.63, 3.8) is 0 Å². The monoisotopic (exact) mass is 216 g/mol. The molecule has 0 bridgehead atoms. The molecule has 0 saturated carbocycles. The molecule has 0 aliphatic rings. The van der Waals surface area contributed by atoms with E-state index in [9.17, 15) is 9.32 Å². The van der Waals surface area contributed by atoms with Gasteiger partial charge in [-0.25, -0.2) is 9.74 Å². The highest BCUT2D eigenvalue weighted by atomic mass is 19.3. The molecule has 0 aliphatic heterocycles. The van der Waals surface area contributed by atoms with Crippen molar-refractivity contribution in [3.05, 3.63) is 12.2 Å². The number of carbonyl (C=O) groups excluding carboxylic acids is 1. The average Bonchev–Trinajstić information content (AvgIpc) is 2.26. The zero-order valence-electron chi connectivity index (χ0n) is 9.56. The van der Waals surface area contributed by atoms with Gasteiger partial charge >= 0.3 is 5.97 Å². The molecule has 0 spiro atoms. The zero-order valence-corrected chi connectivity index (χ0v) is 9.56. The van der Waals surface area contributed by atoms with Gasteiger partial charge in [-0.05, 0) is 12.8 Å². The third-order valence-electron chi connectivity index (χ3n) is 2.44. The lowest BCUT2D eigenvalue weighted by atomic mass is 10.1. The number of unbranched alkanes of at least 4 members (excludes halogenated alkanes) is 6. The van der Waals surface area contributed by atoms with Crippen molar-refractivity contribution < 1.29 is 14.3 Å². The van der Waals surface area contributed by atoms with Gasteiger partial charge in [0.05, 0.1) is 0 Å². The highest BCUT2D eigenvalue weighted by molar-refractivity contribution is 5.87. The van der Waals surface area contributed by atoms with Crippen molar-refractivity contribution in [1.29, 1.82) is 0 Å². The van der Waals surface area contributed by atoms with Crippen molar-refractivity contribution >= 4 is 5.97 Å². The largest absolute Gasteiger partial charge is 0.374 e. The lowest BCUT2D eigenvalue weighted by Crippen LogP contribution is -2.00. The Balaban J connectivity index is 3.24. The fourth-order valence-corrected chi connectivity index (χ4v) is 1.45. The van der Waals surface area contributed by atoms with Crippen LogP contribution in [0.15, 0.2) is 12.2 Å². The minimum Gasteiger partial charge on any atom is -0.250 e. The van der Waals surface area contributed by atoms with Gasteiger partial charge in [-0.15, -0.1) is 0 Å². The van der Waals surface area contributed by atoms with Crippen LogP contribution in [0.25, 0.3) is 0 Å². The highest BCUT2D eigenvalue weighted by Crippen LogP contribution is 2.12. The topological polar surface area (TPSA) is 26.3 Å². The van der Waals surface area contributed by atoms with Gasteiger partial charge in [0.25, 0.3) is 0 Å². The van der Waals surface area contributed by atoms with E-state index in [1.54, 1.807) is 0 Å². The quantitative estimate of drug-likeness (QED) is 0.428. The van der Waals surface area contributed by atoms with Gasteiger partial charge in [-0.1, -0.05) is 52.0 Å². The van der Waals surface area contributed by atoms with Gasteiger partial charge in [0.2, 0.25) is 0 Å². The maximum atomic E-state index is 11.4. The van der Waals surface area contributed by atoms with Crippen molar-refractivity contribution in [1.82, 2.24) is 0 Å². The van der Waals surface area contributed by atoms with Crippen LogP contribution in [-0.4, -0.2) is 5.97 Å². The minimum atomic E-state index is -0.930. The molecule has 2 nitrogen and oxygen atoms in total. The fraction of sp³-hybridized carbons (Fsp3) is 0.750. The summed E-state index contributed by atoms with van der Waals surface area (Å²) in [5, 5.41) is 0. The predicted octanol–water partition coefficient (Wildman–Crippen LogP) is 4.11. The van der Waals surface area contributed by atoms with Crippen LogP contribution in [0.4, 0.5) is 4.53 Å². The molecule has 0 aliphatic carbocycles. The molecule has 15 heavy (non-hydrogen) atoms. The second kappa shape index (κ2) is 9.69. The van der Waals surface area contributed by atoms with E-state index in [4.69, 9.17) is 0 Å². The van der Waals surface area contributed by atoms with Gasteiger partial charge in [0.15, 0.2) is 0 Å². The van der Waals surface area contributed by atoms with Crippen LogP contribution in [0.2, 0.25) is 0 Å². The second-order valence-electron chi connectivity index (χ2n) is 3.84. The number of rotatable bonds is 9. The number of halogens is 1. The molecule has 0 atom stereocenters. The van der Waals surface area contributed by atoms with E-state index in [1.165, 1.54) is 32.1 Å². The Bertz CT molecular complexity index is 190. The summed E-state index contributed by atoms with van der Waals surface area (Å²) in [4.78, 5) is 13.7. The number of carbonyl (C=O) groups is 1. The Labute approximate surface area is 91.4 Å². The van der Waals surface area contributed by atoms with Gasteiger partial charge in [-0.2, -0.15) is 0 Å². The summed E-state index contributed by atoms with van der Waals surface area (Å²) in [6, 6.07) is 0. The second-order valence-corrected chi connectivity index (χ2v) is 3.84. The van der Waals surface area contributed by atoms with E-state index in [0.717, 1.165) is 12.8 Å². The first-order chi connectivity index (χ1) is 7.22. The molecule has 3 heteroatoms. The van der Waals surface area contributed by atoms with Gasteiger partial charge in [0.1, 0.15) is 0 Å². The molecule has 0 aromatic rings. The third-order valence-corrected chi connectivity index (χ3v) is 2.44. The summed E-state index contributed by atoms with van der Waals surface area (Å²) in [7, 11) is 0. The summed E-state index contributed by atoms with van der Waals surface area (Å²) in [5.74, 6) is -0.930. The van der Waals surface area contributed by atoms with Crippen molar-refractivity contribution in [3.8, 4) is 0 Å². The number of hydrogen-bond acceptors (Lipinski definition) is 2. The van der Waals surface area contributed by atoms with Crippen LogP contribution in [0, 0.1) is 0 Å². The lowest BCUT2D eigenvalue weighted by Gasteiger charge is -2.01. The van der Waals surface area contributed by atoms with Crippen molar-refractivity contribution in [2.45, 2.75) is 58.3 Å². The van der Waals surface area contributed by atoms with E-state index in [2.05, 4.69) is 18.4 Å². The van der Waals surface area contributed by atoms with E-state index in [-0.39, 0.29) is 5.57 Å². The fourth-order valence-electron chi connectivity index (χ4n) is 1.45. The first-order valence-electron chi connectivity index (χ1n) is 5.73. The number of hydrogen-bond donors (Lipinski definition) is 0. The van der Waals surface area contributed by atoms with E-state index in [1.807, 2.05) is 0 Å². The van der Waals surface area contributed by atoms with Crippen LogP contribution in [0.5, 0.6) is 0 Å². The predicted molar refractivity (Wildman–Crippen MR) is 59.0 cm³/mol. The van der Waals surface area contributed by atoms with Gasteiger partial charge < -0.3 is 0 Å². The zero-order chi connectivity index (χ0) is 11.5. The molecule has 0 amide bonds. The Hall–Kier alpha value is -0.860. The van der Waals surface area contributed by atoms with E-state index < -0.39 is 5.97 Å². The summed E-state index contributed by atoms with van der Waals surface area (Å²) in [6.07, 6.45) is 8.74. The Kier molecular flexibility index (Phi) is 9.13. The summed E-state index contributed by atoms with van der Waals surface area (Å²) in [6.45, 7) is 5.65.